The Kier molecular flexibility index (Phi) is 3.53. The summed E-state index contributed by atoms with van der Waals surface area (Å²) in [4.78, 5) is 8.12. The van der Waals surface area contributed by atoms with Crippen LogP contribution in [-0.2, 0) is 11.5 Å². The van der Waals surface area contributed by atoms with E-state index in [4.69, 9.17) is 4.74 Å². The highest BCUT2D eigenvalue weighted by molar-refractivity contribution is 6.76. The van der Waals surface area contributed by atoms with Crippen molar-refractivity contribution in [2.75, 3.05) is 6.61 Å². The number of fused-ring (bicyclic) bond motifs is 1. The van der Waals surface area contributed by atoms with Gasteiger partial charge in [-0.05, 0) is 6.04 Å². The molecule has 0 fully saturated rings. The number of hydrogen-bond donors (Lipinski definition) is 0. The van der Waals surface area contributed by atoms with Crippen LogP contribution in [0.5, 0.6) is 0 Å². The topological polar surface area (TPSA) is 52.8 Å². The van der Waals surface area contributed by atoms with E-state index in [1.54, 1.807) is 17.1 Å². The van der Waals surface area contributed by atoms with E-state index in [0.717, 1.165) is 17.6 Å². The number of hydrogen-bond acceptors (Lipinski definition) is 4. The van der Waals surface area contributed by atoms with Crippen LogP contribution in [0.2, 0.25) is 25.7 Å². The number of nitrogens with zero attached hydrogens (tertiary/aromatic N) is 4. The number of ether oxygens (including phenoxy) is 1. The Labute approximate surface area is 102 Å². The first-order chi connectivity index (χ1) is 8.06. The van der Waals surface area contributed by atoms with Crippen LogP contribution >= 0.6 is 0 Å². The molecule has 6 heteroatoms. The largest absolute Gasteiger partial charge is 0.360 e. The van der Waals surface area contributed by atoms with E-state index in [1.165, 1.54) is 12.4 Å². The molecule has 0 aliphatic rings. The van der Waals surface area contributed by atoms with Gasteiger partial charge in [0.15, 0.2) is 0 Å². The molecule has 0 radical (unpaired) electrons. The molecule has 0 saturated heterocycles. The van der Waals surface area contributed by atoms with Gasteiger partial charge >= 0.3 is 0 Å². The zero-order valence-corrected chi connectivity index (χ0v) is 11.6. The summed E-state index contributed by atoms with van der Waals surface area (Å²) in [6, 6.07) is 1.17. The van der Waals surface area contributed by atoms with Crippen LogP contribution in [0, 0.1) is 0 Å². The summed E-state index contributed by atoms with van der Waals surface area (Å²) >= 11 is 0. The fourth-order valence-electron chi connectivity index (χ4n) is 1.45. The van der Waals surface area contributed by atoms with Crippen molar-refractivity contribution in [3.05, 3.63) is 18.7 Å². The second-order valence-corrected chi connectivity index (χ2v) is 10.9. The molecule has 0 aromatic carbocycles. The molecule has 0 spiro atoms. The third kappa shape index (κ3) is 3.34. The van der Waals surface area contributed by atoms with Crippen LogP contribution in [0.25, 0.3) is 11.0 Å². The van der Waals surface area contributed by atoms with Crippen molar-refractivity contribution in [1.29, 1.82) is 0 Å². The SMILES string of the molecule is C[Si](C)(C)CCOCn1ncc2ncncc21. The molecule has 0 bridgehead atoms. The second kappa shape index (κ2) is 4.93. The Morgan fingerprint density at radius 1 is 1.29 bits per heavy atom. The van der Waals surface area contributed by atoms with Gasteiger partial charge in [-0.15, -0.1) is 0 Å². The van der Waals surface area contributed by atoms with E-state index in [0.29, 0.717) is 6.73 Å². The maximum atomic E-state index is 5.64. The summed E-state index contributed by atoms with van der Waals surface area (Å²) in [7, 11) is -1.01. The average Bonchev–Trinajstić information content (AvgIpc) is 2.67. The minimum Gasteiger partial charge on any atom is -0.360 e. The van der Waals surface area contributed by atoms with Crippen molar-refractivity contribution in [2.24, 2.45) is 0 Å². The molecule has 0 N–H and O–H groups in total. The maximum Gasteiger partial charge on any atom is 0.140 e. The van der Waals surface area contributed by atoms with E-state index in [1.807, 2.05) is 0 Å². The zero-order chi connectivity index (χ0) is 12.3. The molecule has 0 saturated carbocycles. The van der Waals surface area contributed by atoms with Crippen LogP contribution in [0.4, 0.5) is 0 Å². The highest BCUT2D eigenvalue weighted by Crippen LogP contribution is 2.10. The Morgan fingerprint density at radius 3 is 2.88 bits per heavy atom. The Morgan fingerprint density at radius 2 is 2.12 bits per heavy atom. The standard InChI is InChI=1S/C11H18N4OSi/c1-17(2,3)5-4-16-9-15-11-7-12-8-13-10(11)6-14-15/h6-8H,4-5,9H2,1-3H3. The fourth-order valence-corrected chi connectivity index (χ4v) is 2.21. The first-order valence-corrected chi connectivity index (χ1v) is 9.46. The van der Waals surface area contributed by atoms with Gasteiger partial charge < -0.3 is 4.74 Å². The highest BCUT2D eigenvalue weighted by atomic mass is 28.3. The van der Waals surface area contributed by atoms with Crippen molar-refractivity contribution in [2.45, 2.75) is 32.4 Å². The molecule has 0 aliphatic heterocycles. The lowest BCUT2D eigenvalue weighted by Crippen LogP contribution is -2.22. The Hall–Kier alpha value is -1.27. The second-order valence-electron chi connectivity index (χ2n) is 5.29. The molecular formula is C11H18N4OSi. The van der Waals surface area contributed by atoms with Crippen molar-refractivity contribution < 1.29 is 4.74 Å². The van der Waals surface area contributed by atoms with Crippen LogP contribution < -0.4 is 0 Å². The van der Waals surface area contributed by atoms with Crippen molar-refractivity contribution >= 4 is 19.1 Å². The molecule has 17 heavy (non-hydrogen) atoms. The van der Waals surface area contributed by atoms with Gasteiger partial charge in [0, 0.05) is 14.7 Å². The molecule has 0 aliphatic carbocycles. The van der Waals surface area contributed by atoms with Crippen LogP contribution in [-0.4, -0.2) is 34.4 Å². The quantitative estimate of drug-likeness (QED) is 0.602. The lowest BCUT2D eigenvalue weighted by Gasteiger charge is -2.15. The average molecular weight is 250 g/mol. The summed E-state index contributed by atoms with van der Waals surface area (Å²) in [6.07, 6.45) is 5.02. The van der Waals surface area contributed by atoms with Crippen LogP contribution in [0.1, 0.15) is 0 Å². The highest BCUT2D eigenvalue weighted by Gasteiger charge is 2.12. The molecule has 0 atom stereocenters. The monoisotopic (exact) mass is 250 g/mol. The Balaban J connectivity index is 1.91. The van der Waals surface area contributed by atoms with Crippen LogP contribution in [0.3, 0.4) is 0 Å². The van der Waals surface area contributed by atoms with Gasteiger partial charge in [0.2, 0.25) is 0 Å². The van der Waals surface area contributed by atoms with Gasteiger partial charge in [0.1, 0.15) is 24.1 Å². The minimum absolute atomic E-state index is 0.474. The molecule has 0 amide bonds. The van der Waals surface area contributed by atoms with E-state index >= 15 is 0 Å². The molecule has 2 aromatic rings. The van der Waals surface area contributed by atoms with Gasteiger partial charge in [-0.3, -0.25) is 0 Å². The van der Waals surface area contributed by atoms with E-state index < -0.39 is 8.07 Å². The number of rotatable bonds is 5. The summed E-state index contributed by atoms with van der Waals surface area (Å²) in [5.74, 6) is 0. The van der Waals surface area contributed by atoms with Gasteiger partial charge in [-0.25, -0.2) is 14.6 Å². The summed E-state index contributed by atoms with van der Waals surface area (Å²) in [5, 5.41) is 4.23. The van der Waals surface area contributed by atoms with Gasteiger partial charge in [0.25, 0.3) is 0 Å². The summed E-state index contributed by atoms with van der Waals surface area (Å²) in [5.41, 5.74) is 1.77. The third-order valence-corrected chi connectivity index (χ3v) is 4.23. The lowest BCUT2D eigenvalue weighted by molar-refractivity contribution is 0.0816. The first kappa shape index (κ1) is 12.2. The smallest absolute Gasteiger partial charge is 0.140 e. The van der Waals surface area contributed by atoms with Gasteiger partial charge in [-0.1, -0.05) is 19.6 Å². The molecule has 5 nitrogen and oxygen atoms in total. The van der Waals surface area contributed by atoms with Crippen molar-refractivity contribution in [3.63, 3.8) is 0 Å². The lowest BCUT2D eigenvalue weighted by atomic mass is 10.5. The normalized spacial score (nSPS) is 12.2. The minimum atomic E-state index is -1.01. The maximum absolute atomic E-state index is 5.64. The zero-order valence-electron chi connectivity index (χ0n) is 10.6. The number of aromatic nitrogens is 4. The predicted octanol–water partition coefficient (Wildman–Crippen LogP) is 2.14. The summed E-state index contributed by atoms with van der Waals surface area (Å²) < 4.78 is 7.43. The fraction of sp³-hybridized carbons (Fsp3) is 0.545. The van der Waals surface area contributed by atoms with Crippen LogP contribution in [0.15, 0.2) is 18.7 Å². The molecule has 2 aromatic heterocycles. The third-order valence-electron chi connectivity index (χ3n) is 2.53. The molecule has 92 valence electrons. The summed E-state index contributed by atoms with van der Waals surface area (Å²) in [6.45, 7) is 8.29. The van der Waals surface area contributed by atoms with E-state index in [2.05, 4.69) is 34.7 Å². The van der Waals surface area contributed by atoms with Crippen molar-refractivity contribution in [3.8, 4) is 0 Å². The van der Waals surface area contributed by atoms with Crippen molar-refractivity contribution in [1.82, 2.24) is 19.7 Å². The first-order valence-electron chi connectivity index (χ1n) is 5.75. The molecular weight excluding hydrogens is 232 g/mol. The predicted molar refractivity (Wildman–Crippen MR) is 69.4 cm³/mol. The van der Waals surface area contributed by atoms with E-state index in [9.17, 15) is 0 Å². The Bertz CT molecular complexity index is 491. The van der Waals surface area contributed by atoms with Gasteiger partial charge in [0.05, 0.1) is 12.4 Å². The molecule has 0 unspecified atom stereocenters. The molecule has 2 rings (SSSR count). The van der Waals surface area contributed by atoms with Gasteiger partial charge in [-0.2, -0.15) is 5.10 Å². The molecule has 2 heterocycles. The van der Waals surface area contributed by atoms with E-state index in [-0.39, 0.29) is 0 Å².